The van der Waals surface area contributed by atoms with Crippen LogP contribution in [0.15, 0.2) is 54.9 Å². The second-order valence-corrected chi connectivity index (χ2v) is 7.46. The Hall–Kier alpha value is -2.76. The van der Waals surface area contributed by atoms with Crippen LogP contribution in [0.5, 0.6) is 11.5 Å². The molecule has 0 atom stereocenters. The summed E-state index contributed by atoms with van der Waals surface area (Å²) < 4.78 is 17.9. The van der Waals surface area contributed by atoms with Crippen LogP contribution in [0.4, 0.5) is 0 Å². The highest BCUT2D eigenvalue weighted by atomic mass is 79.9. The van der Waals surface area contributed by atoms with Gasteiger partial charge in [-0.1, -0.05) is 5.92 Å². The number of halogens is 2. The summed E-state index contributed by atoms with van der Waals surface area (Å²) in [5.41, 5.74) is 3.79. The maximum Gasteiger partial charge on any atom is 0.307 e. The van der Waals surface area contributed by atoms with Crippen LogP contribution in [0, 0.1) is 12.3 Å². The summed E-state index contributed by atoms with van der Waals surface area (Å²) >= 11 is 6.85. The zero-order chi connectivity index (χ0) is 20.8. The fourth-order valence-corrected chi connectivity index (χ4v) is 3.97. The lowest BCUT2D eigenvalue weighted by molar-refractivity contribution is 0.0929. The van der Waals surface area contributed by atoms with Gasteiger partial charge in [0.1, 0.15) is 23.7 Å². The van der Waals surface area contributed by atoms with Crippen molar-refractivity contribution in [2.24, 2.45) is 5.10 Å². The van der Waals surface area contributed by atoms with Gasteiger partial charge in [0.05, 0.1) is 21.8 Å². The number of carbonyl (C=O) groups excluding carboxylic acids is 1. The van der Waals surface area contributed by atoms with Crippen LogP contribution in [0.25, 0.3) is 11.0 Å². The van der Waals surface area contributed by atoms with Crippen molar-refractivity contribution in [3.05, 3.63) is 56.7 Å². The molecule has 3 rings (SSSR count). The molecule has 0 aliphatic rings. The zero-order valence-corrected chi connectivity index (χ0v) is 18.5. The molecule has 6 nitrogen and oxygen atoms in total. The third-order valence-corrected chi connectivity index (χ3v) is 4.90. The number of amides is 1. The number of fused-ring (bicyclic) bond motifs is 1. The molecule has 1 aromatic heterocycles. The third kappa shape index (κ3) is 5.19. The Balaban J connectivity index is 1.69. The molecule has 0 unspecified atom stereocenters. The van der Waals surface area contributed by atoms with Crippen molar-refractivity contribution in [1.82, 2.24) is 5.43 Å². The normalized spacial score (nSPS) is 10.8. The van der Waals surface area contributed by atoms with Gasteiger partial charge in [-0.05, 0) is 80.7 Å². The molecule has 0 radical (unpaired) electrons. The van der Waals surface area contributed by atoms with E-state index in [1.165, 1.54) is 6.21 Å². The number of rotatable bonds is 7. The molecule has 0 fully saturated rings. The fourth-order valence-electron chi connectivity index (χ4n) is 2.52. The van der Waals surface area contributed by atoms with Crippen molar-refractivity contribution >= 4 is 55.0 Å². The van der Waals surface area contributed by atoms with Gasteiger partial charge in [0.15, 0.2) is 5.76 Å². The van der Waals surface area contributed by atoms with Crippen LogP contribution in [-0.4, -0.2) is 25.3 Å². The lowest BCUT2D eigenvalue weighted by Gasteiger charge is -2.08. The van der Waals surface area contributed by atoms with Crippen LogP contribution in [0.1, 0.15) is 23.0 Å². The average molecular weight is 520 g/mol. The Morgan fingerprint density at radius 1 is 1.24 bits per heavy atom. The van der Waals surface area contributed by atoms with Crippen molar-refractivity contribution in [1.29, 1.82) is 0 Å². The SMILES string of the molecule is C#CCOc1c(Br)cc(/C=N/NC(=O)c2cc3cc(OCC)ccc3o2)cc1Br. The molecule has 0 saturated carbocycles. The Kier molecular flexibility index (Phi) is 6.96. The molecular weight excluding hydrogens is 504 g/mol. The van der Waals surface area contributed by atoms with Crippen molar-refractivity contribution in [2.75, 3.05) is 13.2 Å². The van der Waals surface area contributed by atoms with Gasteiger partial charge in [-0.2, -0.15) is 5.10 Å². The molecule has 0 aliphatic heterocycles. The topological polar surface area (TPSA) is 73.1 Å². The van der Waals surface area contributed by atoms with Gasteiger partial charge in [-0.15, -0.1) is 6.42 Å². The van der Waals surface area contributed by atoms with E-state index in [2.05, 4.69) is 48.3 Å². The van der Waals surface area contributed by atoms with E-state index in [0.717, 1.165) is 16.7 Å². The van der Waals surface area contributed by atoms with E-state index in [9.17, 15) is 4.79 Å². The van der Waals surface area contributed by atoms with Gasteiger partial charge in [0.2, 0.25) is 0 Å². The minimum Gasteiger partial charge on any atom is -0.494 e. The van der Waals surface area contributed by atoms with Gasteiger partial charge in [-0.25, -0.2) is 5.43 Å². The predicted molar refractivity (Wildman–Crippen MR) is 119 cm³/mol. The maximum atomic E-state index is 12.3. The molecule has 0 aliphatic carbocycles. The van der Waals surface area contributed by atoms with Crippen LogP contribution in [-0.2, 0) is 0 Å². The van der Waals surface area contributed by atoms with E-state index in [4.69, 9.17) is 20.3 Å². The first-order valence-corrected chi connectivity index (χ1v) is 10.2. The van der Waals surface area contributed by atoms with Crippen molar-refractivity contribution in [2.45, 2.75) is 6.92 Å². The molecule has 2 aromatic carbocycles. The monoisotopic (exact) mass is 518 g/mol. The highest BCUT2D eigenvalue weighted by molar-refractivity contribution is 9.11. The highest BCUT2D eigenvalue weighted by Crippen LogP contribution is 2.34. The summed E-state index contributed by atoms with van der Waals surface area (Å²) in [4.78, 5) is 12.3. The van der Waals surface area contributed by atoms with Gasteiger partial charge >= 0.3 is 5.91 Å². The number of terminal acetylenes is 1. The first-order chi connectivity index (χ1) is 14.0. The molecule has 0 bridgehead atoms. The van der Waals surface area contributed by atoms with Gasteiger partial charge in [-0.3, -0.25) is 4.79 Å². The third-order valence-electron chi connectivity index (χ3n) is 3.72. The average Bonchev–Trinajstić information content (AvgIpc) is 3.11. The molecule has 1 amide bonds. The Bertz CT molecular complexity index is 1090. The maximum absolute atomic E-state index is 12.3. The molecule has 1 heterocycles. The number of carbonyl (C=O) groups is 1. The lowest BCUT2D eigenvalue weighted by atomic mass is 10.2. The van der Waals surface area contributed by atoms with Crippen LogP contribution < -0.4 is 14.9 Å². The number of benzene rings is 2. The summed E-state index contributed by atoms with van der Waals surface area (Å²) in [5, 5.41) is 4.76. The number of hydrogen-bond donors (Lipinski definition) is 1. The number of furan rings is 1. The summed E-state index contributed by atoms with van der Waals surface area (Å²) in [6, 6.07) is 10.6. The largest absolute Gasteiger partial charge is 0.494 e. The molecular formula is C21H16Br2N2O4. The summed E-state index contributed by atoms with van der Waals surface area (Å²) in [7, 11) is 0. The summed E-state index contributed by atoms with van der Waals surface area (Å²) in [5.74, 6) is 3.43. The molecule has 8 heteroatoms. The number of nitrogens with zero attached hydrogens (tertiary/aromatic N) is 1. The van der Waals surface area contributed by atoms with E-state index >= 15 is 0 Å². The van der Waals surface area contributed by atoms with E-state index in [-0.39, 0.29) is 12.4 Å². The van der Waals surface area contributed by atoms with E-state index in [1.54, 1.807) is 30.3 Å². The molecule has 1 N–H and O–H groups in total. The predicted octanol–water partition coefficient (Wildman–Crippen LogP) is 5.13. The van der Waals surface area contributed by atoms with E-state index in [0.29, 0.717) is 26.9 Å². The number of hydrogen-bond acceptors (Lipinski definition) is 5. The zero-order valence-electron chi connectivity index (χ0n) is 15.4. The Morgan fingerprint density at radius 3 is 2.69 bits per heavy atom. The summed E-state index contributed by atoms with van der Waals surface area (Å²) in [6.07, 6.45) is 6.72. The lowest BCUT2D eigenvalue weighted by Crippen LogP contribution is -2.16. The smallest absolute Gasteiger partial charge is 0.307 e. The molecule has 148 valence electrons. The molecule has 29 heavy (non-hydrogen) atoms. The quantitative estimate of drug-likeness (QED) is 0.267. The second-order valence-electron chi connectivity index (χ2n) is 5.75. The number of ether oxygens (including phenoxy) is 2. The second kappa shape index (κ2) is 9.63. The van der Waals surface area contributed by atoms with Crippen molar-refractivity contribution in [3.63, 3.8) is 0 Å². The standard InChI is InChI=1S/C21H16Br2N2O4/c1-3-7-28-20-16(22)8-13(9-17(20)23)12-24-25-21(26)19-11-14-10-15(27-4-2)5-6-18(14)29-19/h1,5-6,8-12H,4,7H2,2H3,(H,25,26)/b24-12+. The number of nitrogens with one attached hydrogen (secondary N) is 1. The first-order valence-electron chi connectivity index (χ1n) is 8.57. The first kappa shape index (κ1) is 21.0. The summed E-state index contributed by atoms with van der Waals surface area (Å²) in [6.45, 7) is 2.63. The van der Waals surface area contributed by atoms with Gasteiger partial charge in [0, 0.05) is 5.39 Å². The fraction of sp³-hybridized carbons (Fsp3) is 0.143. The van der Waals surface area contributed by atoms with Crippen LogP contribution >= 0.6 is 31.9 Å². The Morgan fingerprint density at radius 2 is 2.00 bits per heavy atom. The number of hydrazone groups is 1. The van der Waals surface area contributed by atoms with Crippen molar-refractivity contribution in [3.8, 4) is 23.8 Å². The van der Waals surface area contributed by atoms with Gasteiger partial charge in [0.25, 0.3) is 0 Å². The van der Waals surface area contributed by atoms with Gasteiger partial charge < -0.3 is 13.9 Å². The Labute approximate surface area is 184 Å². The van der Waals surface area contributed by atoms with Crippen LogP contribution in [0.3, 0.4) is 0 Å². The minimum absolute atomic E-state index is 0.157. The van der Waals surface area contributed by atoms with Crippen LogP contribution in [0.2, 0.25) is 0 Å². The van der Waals surface area contributed by atoms with E-state index in [1.807, 2.05) is 13.0 Å². The highest BCUT2D eigenvalue weighted by Gasteiger charge is 2.12. The minimum atomic E-state index is -0.456. The van der Waals surface area contributed by atoms with Crippen molar-refractivity contribution < 1.29 is 18.7 Å². The molecule has 0 saturated heterocycles. The van der Waals surface area contributed by atoms with E-state index < -0.39 is 5.91 Å². The molecule has 0 spiro atoms. The molecule has 3 aromatic rings.